The molecule has 0 atom stereocenters. The SMILES string of the molecule is C=CCNC=S.Oc1ccccc1. The van der Waals surface area contributed by atoms with Gasteiger partial charge in [-0.1, -0.05) is 36.5 Å². The molecule has 0 aliphatic heterocycles. The fraction of sp³-hybridized carbons (Fsp3) is 0.100. The summed E-state index contributed by atoms with van der Waals surface area (Å²) in [5.74, 6) is 0.322. The van der Waals surface area contributed by atoms with Gasteiger partial charge in [0.2, 0.25) is 0 Å². The summed E-state index contributed by atoms with van der Waals surface area (Å²) in [6, 6.07) is 8.71. The topological polar surface area (TPSA) is 32.3 Å². The molecule has 0 amide bonds. The number of phenols is 1. The van der Waals surface area contributed by atoms with E-state index >= 15 is 0 Å². The second-order valence-electron chi connectivity index (χ2n) is 2.15. The van der Waals surface area contributed by atoms with Crippen LogP contribution in [-0.2, 0) is 0 Å². The first-order valence-corrected chi connectivity index (χ1v) is 4.30. The normalized spacial score (nSPS) is 7.69. The first-order valence-electron chi connectivity index (χ1n) is 3.83. The highest BCUT2D eigenvalue weighted by Crippen LogP contribution is 2.02. The lowest BCUT2D eigenvalue weighted by atomic mass is 10.3. The lowest BCUT2D eigenvalue weighted by molar-refractivity contribution is 0.475. The number of thiocarbonyl (C=S) groups is 1. The van der Waals surface area contributed by atoms with Crippen molar-refractivity contribution in [2.75, 3.05) is 6.54 Å². The number of hydrogen-bond acceptors (Lipinski definition) is 2. The van der Waals surface area contributed by atoms with Gasteiger partial charge >= 0.3 is 0 Å². The predicted octanol–water partition coefficient (Wildman–Crippen LogP) is 2.11. The summed E-state index contributed by atoms with van der Waals surface area (Å²) in [5.41, 5.74) is 1.47. The van der Waals surface area contributed by atoms with Crippen LogP contribution in [0.1, 0.15) is 0 Å². The third kappa shape index (κ3) is 8.56. The Morgan fingerprint density at radius 1 is 1.38 bits per heavy atom. The standard InChI is InChI=1S/C6H6O.C4H7NS/c7-6-4-2-1-3-5-6;1-2-3-5-4-6/h1-5,7H;2,4H,1,3H2,(H,5,6). The lowest BCUT2D eigenvalue weighted by Gasteiger charge is -1.84. The number of nitrogens with one attached hydrogen (secondary N) is 1. The van der Waals surface area contributed by atoms with E-state index in [9.17, 15) is 0 Å². The monoisotopic (exact) mass is 195 g/mol. The molecule has 0 bridgehead atoms. The van der Waals surface area contributed by atoms with Crippen molar-refractivity contribution in [2.45, 2.75) is 0 Å². The van der Waals surface area contributed by atoms with Crippen molar-refractivity contribution < 1.29 is 5.11 Å². The van der Waals surface area contributed by atoms with E-state index < -0.39 is 0 Å². The molecule has 0 radical (unpaired) electrons. The summed E-state index contributed by atoms with van der Waals surface area (Å²) in [4.78, 5) is 0. The van der Waals surface area contributed by atoms with E-state index in [1.807, 2.05) is 6.07 Å². The van der Waals surface area contributed by atoms with Crippen molar-refractivity contribution >= 4 is 17.7 Å². The van der Waals surface area contributed by atoms with Gasteiger partial charge in [-0.05, 0) is 12.1 Å². The van der Waals surface area contributed by atoms with Crippen LogP contribution in [0.15, 0.2) is 43.0 Å². The molecular weight excluding hydrogens is 182 g/mol. The van der Waals surface area contributed by atoms with E-state index in [2.05, 4.69) is 24.1 Å². The minimum atomic E-state index is 0.322. The Morgan fingerprint density at radius 2 is 2.00 bits per heavy atom. The van der Waals surface area contributed by atoms with E-state index in [1.54, 1.807) is 30.3 Å². The first kappa shape index (κ1) is 11.6. The molecule has 0 unspecified atom stereocenters. The smallest absolute Gasteiger partial charge is 0.115 e. The van der Waals surface area contributed by atoms with Crippen molar-refractivity contribution in [3.8, 4) is 5.75 Å². The van der Waals surface area contributed by atoms with Crippen molar-refractivity contribution in [1.82, 2.24) is 5.32 Å². The lowest BCUT2D eigenvalue weighted by Crippen LogP contribution is -2.07. The van der Waals surface area contributed by atoms with Crippen LogP contribution >= 0.6 is 12.2 Å². The van der Waals surface area contributed by atoms with Gasteiger partial charge in [-0.2, -0.15) is 0 Å². The summed E-state index contributed by atoms with van der Waals surface area (Å²) in [6.07, 6.45) is 1.75. The summed E-state index contributed by atoms with van der Waals surface area (Å²) in [5, 5.41) is 11.4. The molecule has 0 heterocycles. The van der Waals surface area contributed by atoms with Gasteiger partial charge in [-0.25, -0.2) is 0 Å². The number of benzene rings is 1. The molecule has 0 spiro atoms. The molecule has 70 valence electrons. The van der Waals surface area contributed by atoms with Gasteiger partial charge in [-0.15, -0.1) is 6.58 Å². The molecule has 2 N–H and O–H groups in total. The van der Waals surface area contributed by atoms with Gasteiger partial charge in [0, 0.05) is 6.54 Å². The quantitative estimate of drug-likeness (QED) is 0.440. The average molecular weight is 195 g/mol. The molecular formula is C10H13NOS. The van der Waals surface area contributed by atoms with Crippen molar-refractivity contribution in [2.24, 2.45) is 0 Å². The molecule has 0 aliphatic rings. The molecule has 3 heteroatoms. The molecule has 1 rings (SSSR count). The Morgan fingerprint density at radius 3 is 2.23 bits per heavy atom. The van der Waals surface area contributed by atoms with Crippen LogP contribution in [0.3, 0.4) is 0 Å². The van der Waals surface area contributed by atoms with E-state index in [0.717, 1.165) is 6.54 Å². The molecule has 1 aromatic rings. The molecule has 1 aromatic carbocycles. The second-order valence-corrected chi connectivity index (χ2v) is 2.39. The second kappa shape index (κ2) is 8.74. The van der Waals surface area contributed by atoms with E-state index in [4.69, 9.17) is 5.11 Å². The summed E-state index contributed by atoms with van der Waals surface area (Å²) < 4.78 is 0. The van der Waals surface area contributed by atoms with Crippen LogP contribution in [-0.4, -0.2) is 17.1 Å². The molecule has 2 nitrogen and oxygen atoms in total. The number of phenolic OH excluding ortho intramolecular Hbond substituents is 1. The van der Waals surface area contributed by atoms with Crippen molar-refractivity contribution in [3.05, 3.63) is 43.0 Å². The molecule has 13 heavy (non-hydrogen) atoms. The van der Waals surface area contributed by atoms with Crippen LogP contribution in [0.4, 0.5) is 0 Å². The summed E-state index contributed by atoms with van der Waals surface area (Å²) in [7, 11) is 0. The minimum absolute atomic E-state index is 0.322. The van der Waals surface area contributed by atoms with Gasteiger partial charge in [0.15, 0.2) is 0 Å². The molecule has 0 fully saturated rings. The predicted molar refractivity (Wildman–Crippen MR) is 60.0 cm³/mol. The Bertz CT molecular complexity index is 228. The number of rotatable bonds is 3. The van der Waals surface area contributed by atoms with Crippen LogP contribution in [0, 0.1) is 0 Å². The first-order chi connectivity index (χ1) is 6.31. The van der Waals surface area contributed by atoms with Crippen molar-refractivity contribution in [3.63, 3.8) is 0 Å². The van der Waals surface area contributed by atoms with E-state index in [-0.39, 0.29) is 0 Å². The number of hydrogen-bond donors (Lipinski definition) is 2. The van der Waals surface area contributed by atoms with Gasteiger partial charge in [0.25, 0.3) is 0 Å². The molecule has 0 aromatic heterocycles. The highest BCUT2D eigenvalue weighted by atomic mass is 32.1. The van der Waals surface area contributed by atoms with Gasteiger partial charge in [-0.3, -0.25) is 0 Å². The van der Waals surface area contributed by atoms with Crippen LogP contribution in [0.2, 0.25) is 0 Å². The Kier molecular flexibility index (Phi) is 7.84. The Balaban J connectivity index is 0.000000226. The van der Waals surface area contributed by atoms with E-state index in [0.29, 0.717) is 5.75 Å². The maximum Gasteiger partial charge on any atom is 0.115 e. The third-order valence-electron chi connectivity index (χ3n) is 1.10. The minimum Gasteiger partial charge on any atom is -0.508 e. The largest absolute Gasteiger partial charge is 0.508 e. The van der Waals surface area contributed by atoms with Crippen LogP contribution in [0.25, 0.3) is 0 Å². The zero-order valence-electron chi connectivity index (χ0n) is 7.31. The maximum absolute atomic E-state index is 8.63. The van der Waals surface area contributed by atoms with Crippen LogP contribution in [0.5, 0.6) is 5.75 Å². The van der Waals surface area contributed by atoms with Crippen molar-refractivity contribution in [1.29, 1.82) is 0 Å². The Hall–Kier alpha value is -1.35. The zero-order valence-corrected chi connectivity index (χ0v) is 8.13. The average Bonchev–Trinajstić information content (AvgIpc) is 2.17. The highest BCUT2D eigenvalue weighted by molar-refractivity contribution is 7.78. The van der Waals surface area contributed by atoms with Gasteiger partial charge in [0.1, 0.15) is 5.75 Å². The fourth-order valence-electron chi connectivity index (χ4n) is 0.559. The van der Waals surface area contributed by atoms with Gasteiger partial charge in [0.05, 0.1) is 5.49 Å². The summed E-state index contributed by atoms with van der Waals surface area (Å²) >= 11 is 4.43. The number of para-hydroxylation sites is 1. The molecule has 0 aliphatic carbocycles. The van der Waals surface area contributed by atoms with Gasteiger partial charge < -0.3 is 10.4 Å². The molecule has 0 saturated carbocycles. The maximum atomic E-state index is 8.63. The fourth-order valence-corrected chi connectivity index (χ4v) is 0.656. The summed E-state index contributed by atoms with van der Waals surface area (Å²) in [6.45, 7) is 4.24. The Labute approximate surface area is 83.9 Å². The van der Waals surface area contributed by atoms with E-state index in [1.165, 1.54) is 5.49 Å². The van der Waals surface area contributed by atoms with Crippen LogP contribution < -0.4 is 5.32 Å². The zero-order chi connectivity index (χ0) is 9.94. The number of aromatic hydroxyl groups is 1. The molecule has 0 saturated heterocycles. The highest BCUT2D eigenvalue weighted by Gasteiger charge is 1.74. The third-order valence-corrected chi connectivity index (χ3v) is 1.27.